The summed E-state index contributed by atoms with van der Waals surface area (Å²) >= 11 is 2.32. The number of rotatable bonds is 3. The van der Waals surface area contributed by atoms with Crippen LogP contribution >= 0.6 is 22.6 Å². The topological polar surface area (TPSA) is 18.5 Å². The standard InChI is InChI=1S/C14H13IO2/c1-16-11-5-3-4-10(8-11)13-9-12(17-2)6-7-14(13)15/h3-9H,1-2H3. The first-order valence-electron chi connectivity index (χ1n) is 5.22. The van der Waals surface area contributed by atoms with Gasteiger partial charge in [0.15, 0.2) is 0 Å². The van der Waals surface area contributed by atoms with Crippen molar-refractivity contribution in [3.63, 3.8) is 0 Å². The minimum Gasteiger partial charge on any atom is -0.497 e. The largest absolute Gasteiger partial charge is 0.497 e. The normalized spacial score (nSPS) is 10.1. The molecule has 2 rings (SSSR count). The van der Waals surface area contributed by atoms with Crippen LogP contribution in [0.2, 0.25) is 0 Å². The van der Waals surface area contributed by atoms with Crippen molar-refractivity contribution in [2.75, 3.05) is 14.2 Å². The highest BCUT2D eigenvalue weighted by molar-refractivity contribution is 14.1. The minimum atomic E-state index is 0.862. The van der Waals surface area contributed by atoms with Gasteiger partial charge in [0.2, 0.25) is 0 Å². The predicted molar refractivity (Wildman–Crippen MR) is 77.7 cm³/mol. The number of halogens is 1. The van der Waals surface area contributed by atoms with Crippen molar-refractivity contribution >= 4 is 22.6 Å². The van der Waals surface area contributed by atoms with Gasteiger partial charge in [0, 0.05) is 3.57 Å². The molecule has 88 valence electrons. The molecule has 0 fully saturated rings. The Bertz CT molecular complexity index is 523. The van der Waals surface area contributed by atoms with Gasteiger partial charge in [-0.2, -0.15) is 0 Å². The molecule has 0 unspecified atom stereocenters. The Kier molecular flexibility index (Phi) is 3.89. The second-order valence-corrected chi connectivity index (χ2v) is 4.74. The highest BCUT2D eigenvalue weighted by Crippen LogP contribution is 2.30. The molecule has 2 aromatic rings. The third-order valence-corrected chi connectivity index (χ3v) is 3.49. The number of ether oxygens (including phenoxy) is 2. The van der Waals surface area contributed by atoms with Gasteiger partial charge in [-0.05, 0) is 64.0 Å². The molecule has 0 saturated carbocycles. The summed E-state index contributed by atoms with van der Waals surface area (Å²) in [5.41, 5.74) is 2.29. The molecule has 0 radical (unpaired) electrons. The summed E-state index contributed by atoms with van der Waals surface area (Å²) in [5.74, 6) is 1.73. The van der Waals surface area contributed by atoms with Gasteiger partial charge in [-0.25, -0.2) is 0 Å². The summed E-state index contributed by atoms with van der Waals surface area (Å²) in [4.78, 5) is 0. The van der Waals surface area contributed by atoms with Crippen LogP contribution in [-0.2, 0) is 0 Å². The first kappa shape index (κ1) is 12.2. The SMILES string of the molecule is COc1cccc(-c2cc(OC)ccc2I)c1. The molecule has 0 bridgehead atoms. The predicted octanol–water partition coefficient (Wildman–Crippen LogP) is 3.98. The van der Waals surface area contributed by atoms with Crippen LogP contribution in [0.4, 0.5) is 0 Å². The van der Waals surface area contributed by atoms with E-state index in [4.69, 9.17) is 9.47 Å². The van der Waals surface area contributed by atoms with E-state index in [0.717, 1.165) is 22.6 Å². The van der Waals surface area contributed by atoms with Gasteiger partial charge in [-0.1, -0.05) is 12.1 Å². The fraction of sp³-hybridized carbons (Fsp3) is 0.143. The summed E-state index contributed by atoms with van der Waals surface area (Å²) in [6.07, 6.45) is 0. The highest BCUT2D eigenvalue weighted by atomic mass is 127. The first-order chi connectivity index (χ1) is 8.24. The van der Waals surface area contributed by atoms with Crippen LogP contribution < -0.4 is 9.47 Å². The molecule has 0 atom stereocenters. The summed E-state index contributed by atoms with van der Waals surface area (Å²) in [6.45, 7) is 0. The maximum absolute atomic E-state index is 5.25. The van der Waals surface area contributed by atoms with E-state index in [-0.39, 0.29) is 0 Å². The monoisotopic (exact) mass is 340 g/mol. The highest BCUT2D eigenvalue weighted by Gasteiger charge is 2.05. The summed E-state index contributed by atoms with van der Waals surface area (Å²) in [7, 11) is 3.35. The Balaban J connectivity index is 2.50. The fourth-order valence-electron chi connectivity index (χ4n) is 1.64. The van der Waals surface area contributed by atoms with E-state index in [1.807, 2.05) is 36.4 Å². The Labute approximate surface area is 115 Å². The van der Waals surface area contributed by atoms with E-state index in [9.17, 15) is 0 Å². The van der Waals surface area contributed by atoms with Crippen LogP contribution in [0.3, 0.4) is 0 Å². The zero-order chi connectivity index (χ0) is 12.3. The van der Waals surface area contributed by atoms with Gasteiger partial charge in [0.05, 0.1) is 14.2 Å². The molecule has 0 aliphatic heterocycles. The Morgan fingerprint density at radius 2 is 1.59 bits per heavy atom. The number of hydrogen-bond donors (Lipinski definition) is 0. The van der Waals surface area contributed by atoms with Crippen molar-refractivity contribution in [3.05, 3.63) is 46.0 Å². The Hall–Kier alpha value is -1.23. The molecule has 2 nitrogen and oxygen atoms in total. The van der Waals surface area contributed by atoms with E-state index in [2.05, 4.69) is 28.7 Å². The van der Waals surface area contributed by atoms with E-state index in [0.29, 0.717) is 0 Å². The molecule has 0 aliphatic carbocycles. The molecular formula is C14H13IO2. The van der Waals surface area contributed by atoms with Gasteiger partial charge < -0.3 is 9.47 Å². The van der Waals surface area contributed by atoms with Crippen molar-refractivity contribution in [2.24, 2.45) is 0 Å². The number of benzene rings is 2. The third kappa shape index (κ3) is 2.72. The van der Waals surface area contributed by atoms with Crippen LogP contribution in [0.15, 0.2) is 42.5 Å². The van der Waals surface area contributed by atoms with Gasteiger partial charge in [-0.3, -0.25) is 0 Å². The van der Waals surface area contributed by atoms with E-state index in [1.165, 1.54) is 3.57 Å². The second-order valence-electron chi connectivity index (χ2n) is 3.58. The van der Waals surface area contributed by atoms with Gasteiger partial charge >= 0.3 is 0 Å². The van der Waals surface area contributed by atoms with E-state index >= 15 is 0 Å². The van der Waals surface area contributed by atoms with Crippen molar-refractivity contribution < 1.29 is 9.47 Å². The molecular weight excluding hydrogens is 327 g/mol. The molecule has 0 amide bonds. The first-order valence-corrected chi connectivity index (χ1v) is 6.30. The van der Waals surface area contributed by atoms with Crippen molar-refractivity contribution in [1.29, 1.82) is 0 Å². The quantitative estimate of drug-likeness (QED) is 0.787. The van der Waals surface area contributed by atoms with Crippen LogP contribution in [0, 0.1) is 3.57 Å². The van der Waals surface area contributed by atoms with E-state index in [1.54, 1.807) is 14.2 Å². The fourth-order valence-corrected chi connectivity index (χ4v) is 2.29. The Morgan fingerprint density at radius 1 is 0.882 bits per heavy atom. The molecule has 3 heteroatoms. The van der Waals surface area contributed by atoms with Gasteiger partial charge in [0.25, 0.3) is 0 Å². The molecule has 0 aliphatic rings. The molecule has 0 spiro atoms. The summed E-state index contributed by atoms with van der Waals surface area (Å²) < 4.78 is 11.7. The molecule has 0 saturated heterocycles. The molecule has 0 heterocycles. The summed E-state index contributed by atoms with van der Waals surface area (Å²) in [6, 6.07) is 14.1. The lowest BCUT2D eigenvalue weighted by Crippen LogP contribution is -1.88. The zero-order valence-electron chi connectivity index (χ0n) is 9.74. The van der Waals surface area contributed by atoms with Crippen LogP contribution in [0.25, 0.3) is 11.1 Å². The molecule has 17 heavy (non-hydrogen) atoms. The van der Waals surface area contributed by atoms with Crippen molar-refractivity contribution in [3.8, 4) is 22.6 Å². The molecule has 2 aromatic carbocycles. The Morgan fingerprint density at radius 3 is 2.29 bits per heavy atom. The number of hydrogen-bond acceptors (Lipinski definition) is 2. The average Bonchev–Trinajstić information content (AvgIpc) is 2.39. The van der Waals surface area contributed by atoms with Crippen molar-refractivity contribution in [2.45, 2.75) is 0 Å². The maximum Gasteiger partial charge on any atom is 0.119 e. The third-order valence-electron chi connectivity index (χ3n) is 2.55. The second kappa shape index (κ2) is 5.40. The van der Waals surface area contributed by atoms with Crippen LogP contribution in [0.5, 0.6) is 11.5 Å². The summed E-state index contributed by atoms with van der Waals surface area (Å²) in [5, 5.41) is 0. The maximum atomic E-state index is 5.25. The minimum absolute atomic E-state index is 0.862. The van der Waals surface area contributed by atoms with E-state index < -0.39 is 0 Å². The lowest BCUT2D eigenvalue weighted by atomic mass is 10.1. The zero-order valence-corrected chi connectivity index (χ0v) is 11.9. The number of methoxy groups -OCH3 is 2. The smallest absolute Gasteiger partial charge is 0.119 e. The molecule has 0 aromatic heterocycles. The lowest BCUT2D eigenvalue weighted by molar-refractivity contribution is 0.414. The average molecular weight is 340 g/mol. The van der Waals surface area contributed by atoms with Crippen molar-refractivity contribution in [1.82, 2.24) is 0 Å². The molecule has 0 N–H and O–H groups in total. The van der Waals surface area contributed by atoms with Crippen LogP contribution in [-0.4, -0.2) is 14.2 Å². The van der Waals surface area contributed by atoms with Gasteiger partial charge in [0.1, 0.15) is 11.5 Å². The lowest BCUT2D eigenvalue weighted by Gasteiger charge is -2.09. The van der Waals surface area contributed by atoms with Gasteiger partial charge in [-0.15, -0.1) is 0 Å². The van der Waals surface area contributed by atoms with Crippen LogP contribution in [0.1, 0.15) is 0 Å².